The minimum Gasteiger partial charge on any atom is -0.468 e. The number of allylic oxidation sites excluding steroid dienone is 1. The number of hydrogen-bond acceptors (Lipinski definition) is 1. The second kappa shape index (κ2) is 8.03. The van der Waals surface area contributed by atoms with E-state index < -0.39 is 0 Å². The van der Waals surface area contributed by atoms with Gasteiger partial charge in [-0.25, -0.2) is 0 Å². The Bertz CT molecular complexity index is 400. The van der Waals surface area contributed by atoms with Crippen LogP contribution < -0.4 is 0 Å². The summed E-state index contributed by atoms with van der Waals surface area (Å²) < 4.78 is 19.0. The summed E-state index contributed by atoms with van der Waals surface area (Å²) in [6.07, 6.45) is 15.9. The van der Waals surface area contributed by atoms with Crippen molar-refractivity contribution >= 4 is 0 Å². The molecule has 3 rings (SSSR count). The van der Waals surface area contributed by atoms with Gasteiger partial charge in [-0.05, 0) is 87.5 Å². The van der Waals surface area contributed by atoms with Crippen molar-refractivity contribution in [3.05, 3.63) is 11.6 Å². The van der Waals surface area contributed by atoms with Crippen molar-refractivity contribution in [1.29, 1.82) is 0 Å². The molecule has 0 aromatic rings. The predicted molar refractivity (Wildman–Crippen MR) is 93.7 cm³/mol. The van der Waals surface area contributed by atoms with Crippen molar-refractivity contribution in [3.63, 3.8) is 0 Å². The summed E-state index contributed by atoms with van der Waals surface area (Å²) in [6, 6.07) is -0.295. The zero-order valence-electron chi connectivity index (χ0n) is 15.2. The van der Waals surface area contributed by atoms with Crippen LogP contribution in [0.1, 0.15) is 90.9 Å². The molecule has 3 aliphatic rings. The molecule has 1 atom stereocenters. The Morgan fingerprint density at radius 1 is 0.870 bits per heavy atom. The highest BCUT2D eigenvalue weighted by molar-refractivity contribution is 5.03. The Kier molecular flexibility index (Phi) is 6.04. The molecule has 0 amide bonds. The highest BCUT2D eigenvalue weighted by atomic mass is 19.1. The maximum absolute atomic E-state index is 13.5. The van der Waals surface area contributed by atoms with Crippen LogP contribution in [0.4, 0.5) is 4.39 Å². The van der Waals surface area contributed by atoms with Crippen molar-refractivity contribution in [3.8, 4) is 0 Å². The third-order valence-corrected chi connectivity index (χ3v) is 6.96. The van der Waals surface area contributed by atoms with Gasteiger partial charge in [-0.15, -0.1) is 0 Å². The first-order valence-electron chi connectivity index (χ1n) is 10.1. The number of ether oxygens (including phenoxy) is 1. The Morgan fingerprint density at radius 2 is 1.48 bits per heavy atom. The lowest BCUT2D eigenvalue weighted by Gasteiger charge is -2.37. The molecule has 0 bridgehead atoms. The minimum atomic E-state index is -0.295. The van der Waals surface area contributed by atoms with E-state index in [9.17, 15) is 4.39 Å². The van der Waals surface area contributed by atoms with Gasteiger partial charge < -0.3 is 4.74 Å². The number of halogens is 1. The largest absolute Gasteiger partial charge is 0.468 e. The molecular weight excluding hydrogens is 287 g/mol. The Hall–Kier alpha value is -0.530. The molecule has 1 unspecified atom stereocenters. The van der Waals surface area contributed by atoms with Crippen LogP contribution in [0.15, 0.2) is 11.6 Å². The van der Waals surface area contributed by atoms with Crippen LogP contribution in [0.5, 0.6) is 0 Å². The lowest BCUT2D eigenvalue weighted by Crippen LogP contribution is -2.26. The van der Waals surface area contributed by atoms with Crippen molar-refractivity contribution in [1.82, 2.24) is 0 Å². The summed E-state index contributed by atoms with van der Waals surface area (Å²) >= 11 is 0. The second-order valence-electron chi connectivity index (χ2n) is 8.71. The van der Waals surface area contributed by atoms with E-state index in [0.717, 1.165) is 48.5 Å². The van der Waals surface area contributed by atoms with E-state index in [0.29, 0.717) is 0 Å². The van der Waals surface area contributed by atoms with E-state index in [4.69, 9.17) is 4.74 Å². The summed E-state index contributed by atoms with van der Waals surface area (Å²) in [5.41, 5.74) is 0.795. The number of rotatable bonds is 4. The SMILES string of the molecule is CC1=C(F)OC(CCC2CCC(C3CCC(C)CC3)CC2)CC1. The van der Waals surface area contributed by atoms with Gasteiger partial charge in [0.25, 0.3) is 6.01 Å². The van der Waals surface area contributed by atoms with Gasteiger partial charge in [0.1, 0.15) is 6.10 Å². The highest BCUT2D eigenvalue weighted by Crippen LogP contribution is 2.42. The molecule has 1 heterocycles. The molecule has 2 saturated carbocycles. The fourth-order valence-corrected chi connectivity index (χ4v) is 5.11. The maximum Gasteiger partial charge on any atom is 0.271 e. The van der Waals surface area contributed by atoms with Crippen molar-refractivity contribution in [2.75, 3.05) is 0 Å². The molecular formula is C21H35FO. The summed E-state index contributed by atoms with van der Waals surface area (Å²) in [4.78, 5) is 0. The summed E-state index contributed by atoms with van der Waals surface area (Å²) in [7, 11) is 0. The summed E-state index contributed by atoms with van der Waals surface area (Å²) in [5.74, 6) is 3.87. The zero-order chi connectivity index (χ0) is 16.2. The van der Waals surface area contributed by atoms with Gasteiger partial charge >= 0.3 is 0 Å². The molecule has 23 heavy (non-hydrogen) atoms. The van der Waals surface area contributed by atoms with Gasteiger partial charge in [0, 0.05) is 0 Å². The van der Waals surface area contributed by atoms with Crippen molar-refractivity contribution in [2.24, 2.45) is 23.7 Å². The first kappa shape index (κ1) is 17.3. The van der Waals surface area contributed by atoms with Gasteiger partial charge in [0.15, 0.2) is 0 Å². The predicted octanol–water partition coefficient (Wildman–Crippen LogP) is 6.78. The smallest absolute Gasteiger partial charge is 0.271 e. The van der Waals surface area contributed by atoms with E-state index in [2.05, 4.69) is 6.92 Å². The zero-order valence-corrected chi connectivity index (χ0v) is 15.2. The molecule has 0 spiro atoms. The van der Waals surface area contributed by atoms with Crippen LogP contribution >= 0.6 is 0 Å². The Labute approximate surface area is 142 Å². The molecule has 0 radical (unpaired) electrons. The van der Waals surface area contributed by atoms with Gasteiger partial charge in [0.05, 0.1) is 0 Å². The first-order valence-corrected chi connectivity index (χ1v) is 10.1. The van der Waals surface area contributed by atoms with Gasteiger partial charge in [-0.3, -0.25) is 0 Å². The molecule has 2 aliphatic carbocycles. The third kappa shape index (κ3) is 4.73. The highest BCUT2D eigenvalue weighted by Gasteiger charge is 2.30. The Morgan fingerprint density at radius 3 is 2.09 bits per heavy atom. The van der Waals surface area contributed by atoms with Crippen LogP contribution in [0, 0.1) is 23.7 Å². The fourth-order valence-electron chi connectivity index (χ4n) is 5.11. The Balaban J connectivity index is 1.35. The van der Waals surface area contributed by atoms with Crippen molar-refractivity contribution in [2.45, 2.75) is 97.0 Å². The molecule has 132 valence electrons. The van der Waals surface area contributed by atoms with Crippen molar-refractivity contribution < 1.29 is 9.13 Å². The van der Waals surface area contributed by atoms with Crippen LogP contribution in [0.25, 0.3) is 0 Å². The van der Waals surface area contributed by atoms with Gasteiger partial charge in [0.2, 0.25) is 0 Å². The first-order chi connectivity index (χ1) is 11.1. The maximum atomic E-state index is 13.5. The van der Waals surface area contributed by atoms with E-state index in [1.807, 2.05) is 6.92 Å². The van der Waals surface area contributed by atoms with Crippen LogP contribution in [0.3, 0.4) is 0 Å². The molecule has 0 aromatic carbocycles. The normalized spacial score (nSPS) is 39.2. The molecule has 1 nitrogen and oxygen atoms in total. The number of hydrogen-bond donors (Lipinski definition) is 0. The third-order valence-electron chi connectivity index (χ3n) is 6.96. The van der Waals surface area contributed by atoms with Crippen LogP contribution in [-0.2, 0) is 4.74 Å². The molecule has 2 fully saturated rings. The average molecular weight is 323 g/mol. The topological polar surface area (TPSA) is 9.23 Å². The standard InChI is InChI=1S/C21H35FO/c1-15-3-9-18(10-4-15)19-11-6-17(7-12-19)8-14-20-13-5-16(2)21(22)23-20/h15,17-20H,3-14H2,1-2H3. The molecule has 2 heteroatoms. The van der Waals surface area contributed by atoms with E-state index in [1.165, 1.54) is 57.8 Å². The monoisotopic (exact) mass is 322 g/mol. The minimum absolute atomic E-state index is 0.135. The van der Waals surface area contributed by atoms with Crippen LogP contribution in [-0.4, -0.2) is 6.10 Å². The molecule has 0 N–H and O–H groups in total. The lowest BCUT2D eigenvalue weighted by atomic mass is 9.69. The molecule has 1 aliphatic heterocycles. The molecule has 0 aromatic heterocycles. The average Bonchev–Trinajstić information content (AvgIpc) is 2.57. The lowest BCUT2D eigenvalue weighted by molar-refractivity contribution is 0.0329. The summed E-state index contributed by atoms with van der Waals surface area (Å²) in [5, 5.41) is 0. The van der Waals surface area contributed by atoms with E-state index in [-0.39, 0.29) is 12.1 Å². The summed E-state index contributed by atoms with van der Waals surface area (Å²) in [6.45, 7) is 4.26. The quantitative estimate of drug-likeness (QED) is 0.554. The van der Waals surface area contributed by atoms with Crippen LogP contribution in [0.2, 0.25) is 0 Å². The second-order valence-corrected chi connectivity index (χ2v) is 8.71. The fraction of sp³-hybridized carbons (Fsp3) is 0.905. The van der Waals surface area contributed by atoms with E-state index in [1.54, 1.807) is 0 Å². The van der Waals surface area contributed by atoms with Gasteiger partial charge in [-0.1, -0.05) is 32.6 Å². The molecule has 0 saturated heterocycles. The van der Waals surface area contributed by atoms with Gasteiger partial charge in [-0.2, -0.15) is 4.39 Å². The van der Waals surface area contributed by atoms with E-state index >= 15 is 0 Å².